The number of methoxy groups -OCH3 is 1. The van der Waals surface area contributed by atoms with Crippen molar-refractivity contribution in [2.24, 2.45) is 0 Å². The van der Waals surface area contributed by atoms with Gasteiger partial charge in [-0.25, -0.2) is 8.78 Å². The minimum Gasteiger partial charge on any atom is -0.497 e. The highest BCUT2D eigenvalue weighted by Crippen LogP contribution is 2.22. The van der Waals surface area contributed by atoms with Crippen LogP contribution in [0.4, 0.5) is 8.78 Å². The maximum atomic E-state index is 13.9. The number of nitrogens with zero attached hydrogens (tertiary/aromatic N) is 1. The molecule has 1 aliphatic rings. The molecule has 1 unspecified atom stereocenters. The number of hydrogen-bond acceptors (Lipinski definition) is 3. The molecule has 1 aromatic carbocycles. The third-order valence-electron chi connectivity index (χ3n) is 3.20. The second-order valence-electron chi connectivity index (χ2n) is 4.75. The van der Waals surface area contributed by atoms with Gasteiger partial charge in [0.1, 0.15) is 22.9 Å². The maximum Gasteiger partial charge on any atom is 0.259 e. The minimum atomic E-state index is -0.912. The van der Waals surface area contributed by atoms with Gasteiger partial charge in [-0.05, 0) is 13.3 Å². The molecule has 0 N–H and O–H groups in total. The SMILES string of the molecule is COc1cc(F)c(C(=O)N2CCCOC(C)C2)c(F)c1. The van der Waals surface area contributed by atoms with E-state index in [4.69, 9.17) is 9.47 Å². The Labute approximate surface area is 116 Å². The molecule has 1 atom stereocenters. The summed E-state index contributed by atoms with van der Waals surface area (Å²) >= 11 is 0. The number of hydrogen-bond donors (Lipinski definition) is 0. The van der Waals surface area contributed by atoms with Crippen molar-refractivity contribution in [1.82, 2.24) is 4.90 Å². The predicted molar refractivity (Wildman–Crippen MR) is 68.8 cm³/mol. The van der Waals surface area contributed by atoms with E-state index in [9.17, 15) is 13.6 Å². The molecule has 6 heteroatoms. The lowest BCUT2D eigenvalue weighted by molar-refractivity contribution is 0.0557. The van der Waals surface area contributed by atoms with Crippen LogP contribution in [0, 0.1) is 11.6 Å². The summed E-state index contributed by atoms with van der Waals surface area (Å²) in [6.45, 7) is 3.11. The lowest BCUT2D eigenvalue weighted by atomic mass is 10.1. The van der Waals surface area contributed by atoms with Crippen LogP contribution in [0.5, 0.6) is 5.75 Å². The number of carbonyl (C=O) groups is 1. The number of rotatable bonds is 2. The Morgan fingerprint density at radius 3 is 2.65 bits per heavy atom. The zero-order valence-corrected chi connectivity index (χ0v) is 11.5. The zero-order chi connectivity index (χ0) is 14.7. The number of benzene rings is 1. The predicted octanol–water partition coefficient (Wildman–Crippen LogP) is 2.22. The van der Waals surface area contributed by atoms with Crippen molar-refractivity contribution in [3.05, 3.63) is 29.3 Å². The largest absolute Gasteiger partial charge is 0.497 e. The molecule has 4 nitrogen and oxygen atoms in total. The summed E-state index contributed by atoms with van der Waals surface area (Å²) in [6.07, 6.45) is 0.501. The summed E-state index contributed by atoms with van der Waals surface area (Å²) in [7, 11) is 1.31. The Morgan fingerprint density at radius 1 is 1.40 bits per heavy atom. The molecule has 0 radical (unpaired) electrons. The molecule has 20 heavy (non-hydrogen) atoms. The van der Waals surface area contributed by atoms with E-state index in [1.165, 1.54) is 12.0 Å². The second kappa shape index (κ2) is 6.17. The van der Waals surface area contributed by atoms with Crippen LogP contribution in [0.1, 0.15) is 23.7 Å². The molecule has 0 bridgehead atoms. The third kappa shape index (κ3) is 3.07. The average molecular weight is 285 g/mol. The number of halogens is 2. The van der Waals surface area contributed by atoms with Crippen molar-refractivity contribution < 1.29 is 23.0 Å². The fourth-order valence-corrected chi connectivity index (χ4v) is 2.21. The van der Waals surface area contributed by atoms with E-state index in [0.29, 0.717) is 26.1 Å². The van der Waals surface area contributed by atoms with Crippen LogP contribution in [-0.2, 0) is 4.74 Å². The van der Waals surface area contributed by atoms with Crippen LogP contribution in [0.3, 0.4) is 0 Å². The van der Waals surface area contributed by atoms with Crippen LogP contribution in [0.15, 0.2) is 12.1 Å². The van der Waals surface area contributed by atoms with Gasteiger partial charge in [0.2, 0.25) is 0 Å². The summed E-state index contributed by atoms with van der Waals surface area (Å²) in [5.74, 6) is -2.43. The van der Waals surface area contributed by atoms with E-state index in [1.54, 1.807) is 0 Å². The van der Waals surface area contributed by atoms with Crippen LogP contribution < -0.4 is 4.74 Å². The monoisotopic (exact) mass is 285 g/mol. The van der Waals surface area contributed by atoms with Gasteiger partial charge in [0, 0.05) is 31.8 Å². The quantitative estimate of drug-likeness (QED) is 0.836. The van der Waals surface area contributed by atoms with E-state index in [0.717, 1.165) is 12.1 Å². The van der Waals surface area contributed by atoms with E-state index >= 15 is 0 Å². The van der Waals surface area contributed by atoms with Crippen LogP contribution >= 0.6 is 0 Å². The van der Waals surface area contributed by atoms with Gasteiger partial charge in [-0.3, -0.25) is 4.79 Å². The first-order valence-electron chi connectivity index (χ1n) is 6.47. The Balaban J connectivity index is 2.28. The molecule has 110 valence electrons. The Bertz CT molecular complexity index is 484. The molecule has 1 aliphatic heterocycles. The fraction of sp³-hybridized carbons (Fsp3) is 0.500. The summed E-state index contributed by atoms with van der Waals surface area (Å²) in [5, 5.41) is 0. The van der Waals surface area contributed by atoms with Crippen LogP contribution in [-0.4, -0.2) is 43.7 Å². The molecule has 0 spiro atoms. The first-order valence-corrected chi connectivity index (χ1v) is 6.47. The average Bonchev–Trinajstić information content (AvgIpc) is 2.62. The minimum absolute atomic E-state index is 0.0455. The van der Waals surface area contributed by atoms with E-state index in [-0.39, 0.29) is 11.9 Å². The molecule has 1 fully saturated rings. The van der Waals surface area contributed by atoms with Gasteiger partial charge >= 0.3 is 0 Å². The van der Waals surface area contributed by atoms with Crippen molar-refractivity contribution >= 4 is 5.91 Å². The van der Waals surface area contributed by atoms with E-state index in [1.807, 2.05) is 6.92 Å². The van der Waals surface area contributed by atoms with Gasteiger partial charge in [-0.15, -0.1) is 0 Å². The Morgan fingerprint density at radius 2 is 2.05 bits per heavy atom. The van der Waals surface area contributed by atoms with Crippen molar-refractivity contribution in [3.63, 3.8) is 0 Å². The molecule has 0 saturated carbocycles. The van der Waals surface area contributed by atoms with Crippen molar-refractivity contribution in [2.45, 2.75) is 19.4 Å². The summed E-state index contributed by atoms with van der Waals surface area (Å²) in [5.41, 5.74) is -0.542. The molecule has 0 aromatic heterocycles. The lowest BCUT2D eigenvalue weighted by Gasteiger charge is -2.22. The summed E-state index contributed by atoms with van der Waals surface area (Å²) in [6, 6.07) is 2.02. The zero-order valence-electron chi connectivity index (χ0n) is 11.5. The summed E-state index contributed by atoms with van der Waals surface area (Å²) < 4.78 is 38.0. The first kappa shape index (κ1) is 14.7. The van der Waals surface area contributed by atoms with Crippen molar-refractivity contribution in [3.8, 4) is 5.75 Å². The Hall–Kier alpha value is -1.69. The second-order valence-corrected chi connectivity index (χ2v) is 4.75. The molecule has 1 aromatic rings. The fourth-order valence-electron chi connectivity index (χ4n) is 2.21. The topological polar surface area (TPSA) is 38.8 Å². The van der Waals surface area contributed by atoms with E-state index in [2.05, 4.69) is 0 Å². The van der Waals surface area contributed by atoms with Gasteiger partial charge in [0.15, 0.2) is 0 Å². The number of ether oxygens (including phenoxy) is 2. The molecule has 2 rings (SSSR count). The van der Waals surface area contributed by atoms with E-state index < -0.39 is 23.1 Å². The van der Waals surface area contributed by atoms with Crippen LogP contribution in [0.2, 0.25) is 0 Å². The third-order valence-corrected chi connectivity index (χ3v) is 3.20. The summed E-state index contributed by atoms with van der Waals surface area (Å²) in [4.78, 5) is 13.7. The number of carbonyl (C=O) groups excluding carboxylic acids is 1. The van der Waals surface area contributed by atoms with Gasteiger partial charge in [0.05, 0.1) is 13.2 Å². The van der Waals surface area contributed by atoms with Crippen molar-refractivity contribution in [1.29, 1.82) is 0 Å². The van der Waals surface area contributed by atoms with Gasteiger partial charge in [-0.1, -0.05) is 0 Å². The normalized spacial score (nSPS) is 19.6. The van der Waals surface area contributed by atoms with Crippen LogP contribution in [0.25, 0.3) is 0 Å². The number of amides is 1. The standard InChI is InChI=1S/C14H17F2NO3/c1-9-8-17(4-3-5-20-9)14(18)13-11(15)6-10(19-2)7-12(13)16/h6-7,9H,3-5,8H2,1-2H3. The van der Waals surface area contributed by atoms with Gasteiger partial charge in [0.25, 0.3) is 5.91 Å². The van der Waals surface area contributed by atoms with Crippen molar-refractivity contribution in [2.75, 3.05) is 26.8 Å². The first-order chi connectivity index (χ1) is 9.52. The highest BCUT2D eigenvalue weighted by atomic mass is 19.1. The van der Waals surface area contributed by atoms with Gasteiger partial charge in [-0.2, -0.15) is 0 Å². The molecular weight excluding hydrogens is 268 g/mol. The maximum absolute atomic E-state index is 13.9. The molecule has 1 heterocycles. The molecule has 1 saturated heterocycles. The highest BCUT2D eigenvalue weighted by Gasteiger charge is 2.26. The Kier molecular flexibility index (Phi) is 4.54. The highest BCUT2D eigenvalue weighted by molar-refractivity contribution is 5.95. The van der Waals surface area contributed by atoms with Gasteiger partial charge < -0.3 is 14.4 Å². The molecular formula is C14H17F2NO3. The molecule has 0 aliphatic carbocycles. The smallest absolute Gasteiger partial charge is 0.259 e. The molecule has 1 amide bonds. The lowest BCUT2D eigenvalue weighted by Crippen LogP contribution is -2.36.